The topological polar surface area (TPSA) is 203 Å². The number of amides is 2. The average Bonchev–Trinajstić information content (AvgIpc) is 3.29. The van der Waals surface area contributed by atoms with Crippen LogP contribution in [0.2, 0.25) is 10.0 Å². The Morgan fingerprint density at radius 1 is 0.594 bits per heavy atom. The molecule has 2 N–H and O–H groups in total. The van der Waals surface area contributed by atoms with Gasteiger partial charge in [0, 0.05) is 75.7 Å². The number of nitrogens with zero attached hydrogens (tertiary/aromatic N) is 2. The van der Waals surface area contributed by atoms with Crippen molar-refractivity contribution in [3.63, 3.8) is 0 Å². The van der Waals surface area contributed by atoms with E-state index < -0.39 is 97.0 Å². The van der Waals surface area contributed by atoms with E-state index in [2.05, 4.69) is 20.6 Å². The second-order valence-corrected chi connectivity index (χ2v) is 23.9. The summed E-state index contributed by atoms with van der Waals surface area (Å²) in [7, 11) is -12.7. The highest BCUT2D eigenvalue weighted by Crippen LogP contribution is 2.38. The van der Waals surface area contributed by atoms with Gasteiger partial charge in [0.15, 0.2) is 19.7 Å². The van der Waals surface area contributed by atoms with Gasteiger partial charge in [0.1, 0.15) is 43.6 Å². The Kier molecular flexibility index (Phi) is 18.8. The van der Waals surface area contributed by atoms with Gasteiger partial charge in [0.25, 0.3) is 11.8 Å². The molecular formula is C46H42Cl2F4N4O9S4. The van der Waals surface area contributed by atoms with Crippen LogP contribution in [0.1, 0.15) is 66.6 Å². The first kappa shape index (κ1) is 54.4. The maximum absolute atomic E-state index is 14.7. The van der Waals surface area contributed by atoms with E-state index in [0.29, 0.717) is 28.8 Å². The summed E-state index contributed by atoms with van der Waals surface area (Å²) in [5.74, 6) is -4.14. The lowest BCUT2D eigenvalue weighted by molar-refractivity contribution is 0.0945. The first-order chi connectivity index (χ1) is 32.5. The Morgan fingerprint density at radius 2 is 0.986 bits per heavy atom. The van der Waals surface area contributed by atoms with Crippen molar-refractivity contribution in [1.82, 2.24) is 20.6 Å². The van der Waals surface area contributed by atoms with E-state index in [1.54, 1.807) is 6.26 Å². The number of sulfone groups is 3. The van der Waals surface area contributed by atoms with Crippen LogP contribution in [0.3, 0.4) is 0 Å². The summed E-state index contributed by atoms with van der Waals surface area (Å²) >= 11 is 11.7. The second-order valence-electron chi connectivity index (χ2n) is 15.2. The lowest BCUT2D eigenvalue weighted by Gasteiger charge is -2.19. The molecule has 6 aromatic rings. The summed E-state index contributed by atoms with van der Waals surface area (Å²) < 4.78 is 145. The van der Waals surface area contributed by atoms with Crippen molar-refractivity contribution in [1.29, 1.82) is 0 Å². The monoisotopic (exact) mass is 1070 g/mol. The highest BCUT2D eigenvalue weighted by Gasteiger charge is 2.36. The molecule has 366 valence electrons. The zero-order chi connectivity index (χ0) is 50.7. The number of nitrogens with one attached hydrogen (secondary N) is 2. The fourth-order valence-corrected chi connectivity index (χ4v) is 11.5. The number of carbonyl (C=O) groups excluding carboxylic acids is 2. The van der Waals surface area contributed by atoms with Crippen LogP contribution in [0.15, 0.2) is 131 Å². The van der Waals surface area contributed by atoms with E-state index in [0.717, 1.165) is 48.9 Å². The van der Waals surface area contributed by atoms with Gasteiger partial charge in [0.2, 0.25) is 0 Å². The van der Waals surface area contributed by atoms with Crippen LogP contribution in [0.25, 0.3) is 0 Å². The Morgan fingerprint density at radius 3 is 1.33 bits per heavy atom. The molecule has 2 aromatic heterocycles. The zero-order valence-corrected chi connectivity index (χ0v) is 41.2. The van der Waals surface area contributed by atoms with E-state index in [-0.39, 0.29) is 51.0 Å². The SMILES string of the molecule is CS(=O)(=O)CCCNC(=O)c1ccc(C(c2cc(F)ccc2F)S(=O)(=O)c2ccc(Cl)cc2)nc1.CS(=O)CCCNC(=O)c1ccc(C(c2cc(F)ccc2F)S(=O)(=O)c2ccc(Cl)cc2)nc1. The molecule has 4 aromatic carbocycles. The van der Waals surface area contributed by atoms with E-state index >= 15 is 0 Å². The van der Waals surface area contributed by atoms with Crippen LogP contribution < -0.4 is 10.6 Å². The summed E-state index contributed by atoms with van der Waals surface area (Å²) in [6.07, 6.45) is 5.69. The fourth-order valence-electron chi connectivity index (χ4n) is 6.53. The molecule has 3 unspecified atom stereocenters. The first-order valence-electron chi connectivity index (χ1n) is 20.3. The van der Waals surface area contributed by atoms with Gasteiger partial charge in [-0.3, -0.25) is 23.8 Å². The van der Waals surface area contributed by atoms with E-state index in [4.69, 9.17) is 23.2 Å². The molecule has 0 fully saturated rings. The number of benzene rings is 4. The quantitative estimate of drug-likeness (QED) is 0.0628. The number of rotatable bonds is 18. The highest BCUT2D eigenvalue weighted by molar-refractivity contribution is 7.92. The number of hydrogen-bond acceptors (Lipinski definition) is 11. The van der Waals surface area contributed by atoms with Crippen molar-refractivity contribution < 1.29 is 56.6 Å². The summed E-state index contributed by atoms with van der Waals surface area (Å²) in [4.78, 5) is 32.5. The first-order valence-corrected chi connectivity index (χ1v) is 28.0. The summed E-state index contributed by atoms with van der Waals surface area (Å²) in [6, 6.07) is 20.7. The Bertz CT molecular complexity index is 3160. The third-order valence-electron chi connectivity index (χ3n) is 9.89. The average molecular weight is 1070 g/mol. The highest BCUT2D eigenvalue weighted by atomic mass is 35.5. The molecule has 69 heavy (non-hydrogen) atoms. The van der Waals surface area contributed by atoms with Crippen LogP contribution >= 0.6 is 23.2 Å². The number of carbonyl (C=O) groups is 2. The number of halogens is 6. The smallest absolute Gasteiger partial charge is 0.252 e. The maximum Gasteiger partial charge on any atom is 0.252 e. The molecule has 0 saturated carbocycles. The minimum Gasteiger partial charge on any atom is -0.352 e. The van der Waals surface area contributed by atoms with Crippen molar-refractivity contribution in [3.05, 3.63) is 189 Å². The van der Waals surface area contributed by atoms with Crippen LogP contribution in [0, 0.1) is 23.3 Å². The molecule has 2 amide bonds. The molecule has 0 aliphatic heterocycles. The van der Waals surface area contributed by atoms with Gasteiger partial charge >= 0.3 is 0 Å². The van der Waals surface area contributed by atoms with E-state index in [1.807, 2.05) is 0 Å². The predicted octanol–water partition coefficient (Wildman–Crippen LogP) is 7.82. The Hall–Kier alpha value is -5.58. The molecule has 2 heterocycles. The van der Waals surface area contributed by atoms with Gasteiger partial charge in [0.05, 0.1) is 38.1 Å². The molecule has 6 rings (SSSR count). The van der Waals surface area contributed by atoms with E-state index in [9.17, 15) is 56.6 Å². The van der Waals surface area contributed by atoms with Gasteiger partial charge in [-0.1, -0.05) is 23.2 Å². The van der Waals surface area contributed by atoms with Crippen LogP contribution in [-0.2, 0) is 40.3 Å². The summed E-state index contributed by atoms with van der Waals surface area (Å²) in [5.41, 5.74) is -0.827. The van der Waals surface area contributed by atoms with Crippen LogP contribution in [0.4, 0.5) is 17.6 Å². The lowest BCUT2D eigenvalue weighted by atomic mass is 10.1. The van der Waals surface area contributed by atoms with Crippen molar-refractivity contribution >= 4 is 75.3 Å². The molecule has 0 spiro atoms. The van der Waals surface area contributed by atoms with Crippen LogP contribution in [-0.4, -0.2) is 88.4 Å². The molecule has 0 bridgehead atoms. The normalized spacial score (nSPS) is 13.0. The molecule has 0 aliphatic rings. The largest absolute Gasteiger partial charge is 0.352 e. The molecular weight excluding hydrogens is 1030 g/mol. The second kappa shape index (κ2) is 23.8. The van der Waals surface area contributed by atoms with Gasteiger partial charge < -0.3 is 10.6 Å². The lowest BCUT2D eigenvalue weighted by Crippen LogP contribution is -2.26. The molecule has 23 heteroatoms. The van der Waals surface area contributed by atoms with Gasteiger partial charge in [-0.05, 0) is 122 Å². The Balaban J connectivity index is 0.000000258. The maximum atomic E-state index is 14.7. The fraction of sp³-hybridized carbons (Fsp3) is 0.217. The zero-order valence-electron chi connectivity index (χ0n) is 36.4. The van der Waals surface area contributed by atoms with E-state index in [1.165, 1.54) is 79.0 Å². The van der Waals surface area contributed by atoms with Gasteiger partial charge in [-0.2, -0.15) is 0 Å². The number of aromatic nitrogens is 2. The Labute approximate surface area is 408 Å². The van der Waals surface area contributed by atoms with Gasteiger partial charge in [-0.25, -0.2) is 42.8 Å². The van der Waals surface area contributed by atoms with Gasteiger partial charge in [-0.15, -0.1) is 0 Å². The number of hydrogen-bond donors (Lipinski definition) is 2. The van der Waals surface area contributed by atoms with Crippen molar-refractivity contribution in [3.8, 4) is 0 Å². The molecule has 0 radical (unpaired) electrons. The number of pyridine rings is 2. The third kappa shape index (κ3) is 15.0. The summed E-state index contributed by atoms with van der Waals surface area (Å²) in [6.45, 7) is 0.415. The third-order valence-corrected chi connectivity index (χ3v) is 16.4. The predicted molar refractivity (Wildman–Crippen MR) is 255 cm³/mol. The van der Waals surface area contributed by atoms with Crippen molar-refractivity contribution in [2.45, 2.75) is 33.1 Å². The minimum atomic E-state index is -4.31. The molecule has 0 saturated heterocycles. The van der Waals surface area contributed by atoms with Crippen molar-refractivity contribution in [2.24, 2.45) is 0 Å². The van der Waals surface area contributed by atoms with Crippen molar-refractivity contribution in [2.75, 3.05) is 37.1 Å². The molecule has 0 aliphatic carbocycles. The molecule has 3 atom stereocenters. The standard InChI is InChI=1S/C23H21ClF2N2O5S2.C23H21ClF2N2O4S2/c1-34(30,31)12-2-11-27-23(29)15-3-10-21(28-14-15)22(19-13-17(25)6-9-20(19)26)35(32,33)18-7-4-16(24)5-8-18;1-33(30)12-2-11-27-23(29)15-3-10-21(28-14-15)22(19-13-17(25)6-9-20(19)26)34(31,32)18-7-4-16(24)5-8-18/h3-10,13-14,22H,2,11-12H2,1H3,(H,27,29);3-10,13-14,22H,2,11-12H2,1H3,(H,27,29). The van der Waals surface area contributed by atoms with Crippen LogP contribution in [0.5, 0.6) is 0 Å². The minimum absolute atomic E-state index is 0.0791. The molecule has 13 nitrogen and oxygen atoms in total. The summed E-state index contributed by atoms with van der Waals surface area (Å²) in [5, 5.41) is 2.44.